The van der Waals surface area contributed by atoms with Gasteiger partial charge in [0.1, 0.15) is 0 Å². The van der Waals surface area contributed by atoms with Crippen molar-refractivity contribution in [3.8, 4) is 0 Å². The molecule has 1 aliphatic rings. The highest BCUT2D eigenvalue weighted by Gasteiger charge is 2.16. The molecule has 0 saturated carbocycles. The Bertz CT molecular complexity index is 407. The zero-order valence-corrected chi connectivity index (χ0v) is 11.3. The van der Waals surface area contributed by atoms with Gasteiger partial charge in [-0.15, -0.1) is 0 Å². The summed E-state index contributed by atoms with van der Waals surface area (Å²) >= 11 is 0. The average molecular weight is 266 g/mol. The molecule has 4 N–H and O–H groups in total. The van der Waals surface area contributed by atoms with Crippen molar-refractivity contribution in [3.05, 3.63) is 0 Å². The van der Waals surface area contributed by atoms with Gasteiger partial charge in [-0.1, -0.05) is 0 Å². The number of nitrogens with one attached hydrogen (secondary N) is 1. The first-order chi connectivity index (χ1) is 9.19. The van der Waals surface area contributed by atoms with E-state index in [4.69, 9.17) is 10.8 Å². The monoisotopic (exact) mass is 266 g/mol. The lowest BCUT2D eigenvalue weighted by Gasteiger charge is -2.27. The van der Waals surface area contributed by atoms with Gasteiger partial charge in [0.2, 0.25) is 17.8 Å². The molecule has 7 nitrogen and oxygen atoms in total. The van der Waals surface area contributed by atoms with Gasteiger partial charge >= 0.3 is 0 Å². The molecule has 0 amide bonds. The smallest absolute Gasteiger partial charge is 0.231 e. The maximum absolute atomic E-state index is 8.90. The molecular formula is C12H22N6O. The van der Waals surface area contributed by atoms with Crippen LogP contribution in [0.25, 0.3) is 0 Å². The molecule has 1 aromatic rings. The molecule has 0 bridgehead atoms. The van der Waals surface area contributed by atoms with Crippen LogP contribution in [-0.2, 0) is 0 Å². The first-order valence-corrected chi connectivity index (χ1v) is 6.83. The molecule has 1 unspecified atom stereocenters. The molecule has 2 rings (SSSR count). The van der Waals surface area contributed by atoms with Crippen molar-refractivity contribution >= 4 is 17.8 Å². The molecule has 0 aliphatic carbocycles. The Morgan fingerprint density at radius 2 is 2.00 bits per heavy atom. The zero-order valence-electron chi connectivity index (χ0n) is 11.3. The molecule has 0 aromatic carbocycles. The number of nitrogen functional groups attached to an aromatic ring is 1. The lowest BCUT2D eigenvalue weighted by molar-refractivity contribution is 0.282. The number of aliphatic hydroxyl groups excluding tert-OH is 1. The van der Waals surface area contributed by atoms with E-state index in [1.807, 2.05) is 6.92 Å². The second-order valence-corrected chi connectivity index (χ2v) is 4.92. The number of nitrogens with zero attached hydrogens (tertiary/aromatic N) is 4. The summed E-state index contributed by atoms with van der Waals surface area (Å²) < 4.78 is 0. The lowest BCUT2D eigenvalue weighted by atomic mass is 10.1. The normalized spacial score (nSPS) is 17.3. The van der Waals surface area contributed by atoms with Crippen LogP contribution >= 0.6 is 0 Å². The average Bonchev–Trinajstić information content (AvgIpc) is 2.39. The summed E-state index contributed by atoms with van der Waals surface area (Å²) in [5.41, 5.74) is 5.74. The molecule has 19 heavy (non-hydrogen) atoms. The van der Waals surface area contributed by atoms with Crippen molar-refractivity contribution in [3.63, 3.8) is 0 Å². The number of hydrogen-bond acceptors (Lipinski definition) is 7. The van der Waals surface area contributed by atoms with Gasteiger partial charge in [0, 0.05) is 25.7 Å². The van der Waals surface area contributed by atoms with E-state index in [0.29, 0.717) is 18.3 Å². The van der Waals surface area contributed by atoms with Crippen LogP contribution < -0.4 is 16.0 Å². The van der Waals surface area contributed by atoms with Gasteiger partial charge in [-0.25, -0.2) is 0 Å². The fraction of sp³-hybridized carbons (Fsp3) is 0.750. The summed E-state index contributed by atoms with van der Waals surface area (Å²) in [6, 6.07) is 0.0982. The molecule has 106 valence electrons. The molecule has 1 saturated heterocycles. The Hall–Kier alpha value is -1.63. The van der Waals surface area contributed by atoms with Gasteiger partial charge in [0.25, 0.3) is 0 Å². The number of hydrogen-bond donors (Lipinski definition) is 3. The molecule has 1 atom stereocenters. The predicted molar refractivity (Wildman–Crippen MR) is 75.1 cm³/mol. The van der Waals surface area contributed by atoms with Crippen molar-refractivity contribution in [2.24, 2.45) is 0 Å². The Labute approximate surface area is 113 Å². The number of rotatable bonds is 5. The van der Waals surface area contributed by atoms with Crippen molar-refractivity contribution in [1.82, 2.24) is 15.0 Å². The lowest BCUT2D eigenvalue weighted by Crippen LogP contribution is -2.32. The van der Waals surface area contributed by atoms with Crippen molar-refractivity contribution in [2.75, 3.05) is 35.6 Å². The number of nitrogens with two attached hydrogens (primary N) is 1. The van der Waals surface area contributed by atoms with Crippen LogP contribution in [0.1, 0.15) is 32.6 Å². The number of aliphatic hydroxyl groups is 1. The molecule has 1 aromatic heterocycles. The first-order valence-electron chi connectivity index (χ1n) is 6.83. The molecular weight excluding hydrogens is 244 g/mol. The van der Waals surface area contributed by atoms with Crippen LogP contribution in [-0.4, -0.2) is 45.8 Å². The summed E-state index contributed by atoms with van der Waals surface area (Å²) in [5, 5.41) is 12.0. The van der Waals surface area contributed by atoms with E-state index in [0.717, 1.165) is 25.9 Å². The van der Waals surface area contributed by atoms with Crippen LogP contribution in [0.15, 0.2) is 0 Å². The first kappa shape index (κ1) is 13.8. The van der Waals surface area contributed by atoms with Crippen molar-refractivity contribution in [1.29, 1.82) is 0 Å². The summed E-state index contributed by atoms with van der Waals surface area (Å²) in [6.07, 6.45) is 4.23. The van der Waals surface area contributed by atoms with E-state index in [1.165, 1.54) is 6.42 Å². The Morgan fingerprint density at radius 3 is 2.68 bits per heavy atom. The van der Waals surface area contributed by atoms with Gasteiger partial charge in [0.05, 0.1) is 0 Å². The minimum atomic E-state index is 0.0982. The standard InChI is InChI=1S/C12H22N6O/c1-9(5-8-19)14-11-15-10(13)16-12(17-11)18-6-3-2-4-7-18/h9,19H,2-8H2,1H3,(H3,13,14,15,16,17). The Kier molecular flexibility index (Phi) is 4.73. The number of aromatic nitrogens is 3. The summed E-state index contributed by atoms with van der Waals surface area (Å²) in [5.74, 6) is 1.36. The van der Waals surface area contributed by atoms with E-state index in [-0.39, 0.29) is 18.6 Å². The summed E-state index contributed by atoms with van der Waals surface area (Å²) in [7, 11) is 0. The van der Waals surface area contributed by atoms with Gasteiger partial charge in [0.15, 0.2) is 0 Å². The van der Waals surface area contributed by atoms with E-state index in [1.54, 1.807) is 0 Å². The Balaban J connectivity index is 2.09. The maximum Gasteiger partial charge on any atom is 0.231 e. The van der Waals surface area contributed by atoms with Gasteiger partial charge in [-0.3, -0.25) is 0 Å². The van der Waals surface area contributed by atoms with Gasteiger partial charge < -0.3 is 21.1 Å². The quantitative estimate of drug-likeness (QED) is 0.718. The molecule has 2 heterocycles. The molecule has 1 fully saturated rings. The second kappa shape index (κ2) is 6.51. The molecule has 0 radical (unpaired) electrons. The van der Waals surface area contributed by atoms with Gasteiger partial charge in [-0.2, -0.15) is 15.0 Å². The van der Waals surface area contributed by atoms with Crippen molar-refractivity contribution < 1.29 is 5.11 Å². The van der Waals surface area contributed by atoms with Crippen molar-refractivity contribution in [2.45, 2.75) is 38.6 Å². The van der Waals surface area contributed by atoms with Crippen LogP contribution in [0.3, 0.4) is 0 Å². The maximum atomic E-state index is 8.90. The van der Waals surface area contributed by atoms with Crippen LogP contribution in [0, 0.1) is 0 Å². The summed E-state index contributed by atoms with van der Waals surface area (Å²) in [4.78, 5) is 14.8. The third-order valence-electron chi connectivity index (χ3n) is 3.22. The zero-order chi connectivity index (χ0) is 13.7. The fourth-order valence-electron chi connectivity index (χ4n) is 2.17. The van der Waals surface area contributed by atoms with E-state index >= 15 is 0 Å². The highest BCUT2D eigenvalue weighted by atomic mass is 16.3. The van der Waals surface area contributed by atoms with E-state index < -0.39 is 0 Å². The third-order valence-corrected chi connectivity index (χ3v) is 3.22. The predicted octanol–water partition coefficient (Wildman–Crippen LogP) is 0.627. The largest absolute Gasteiger partial charge is 0.396 e. The molecule has 0 spiro atoms. The number of anilines is 3. The van der Waals surface area contributed by atoms with E-state index in [2.05, 4.69) is 25.2 Å². The fourth-order valence-corrected chi connectivity index (χ4v) is 2.17. The summed E-state index contributed by atoms with van der Waals surface area (Å²) in [6.45, 7) is 4.04. The van der Waals surface area contributed by atoms with Gasteiger partial charge in [-0.05, 0) is 32.6 Å². The highest BCUT2D eigenvalue weighted by Crippen LogP contribution is 2.17. The Morgan fingerprint density at radius 1 is 1.26 bits per heavy atom. The third kappa shape index (κ3) is 3.92. The van der Waals surface area contributed by atoms with Crippen LogP contribution in [0.2, 0.25) is 0 Å². The SMILES string of the molecule is CC(CCO)Nc1nc(N)nc(N2CCCCC2)n1. The van der Waals surface area contributed by atoms with Crippen LogP contribution in [0.4, 0.5) is 17.8 Å². The number of piperidine rings is 1. The topological polar surface area (TPSA) is 100 Å². The highest BCUT2D eigenvalue weighted by molar-refractivity contribution is 5.42. The second-order valence-electron chi connectivity index (χ2n) is 4.92. The minimum Gasteiger partial charge on any atom is -0.396 e. The van der Waals surface area contributed by atoms with E-state index in [9.17, 15) is 0 Å². The molecule has 7 heteroatoms. The van der Waals surface area contributed by atoms with Crippen LogP contribution in [0.5, 0.6) is 0 Å². The minimum absolute atomic E-state index is 0.0982. The molecule has 1 aliphatic heterocycles.